The van der Waals surface area contributed by atoms with Crippen molar-refractivity contribution in [1.29, 1.82) is 0 Å². The van der Waals surface area contributed by atoms with E-state index in [1.165, 1.54) is 0 Å². The highest BCUT2D eigenvalue weighted by Gasteiger charge is 2.26. The van der Waals surface area contributed by atoms with Crippen LogP contribution in [0.4, 0.5) is 0 Å². The van der Waals surface area contributed by atoms with E-state index in [1.54, 1.807) is 0 Å². The molecule has 1 saturated carbocycles. The van der Waals surface area contributed by atoms with Crippen LogP contribution in [0.5, 0.6) is 0 Å². The van der Waals surface area contributed by atoms with Crippen molar-refractivity contribution in [3.05, 3.63) is 0 Å². The normalized spacial score (nSPS) is 33.0. The Morgan fingerprint density at radius 1 is 1.64 bits per heavy atom. The van der Waals surface area contributed by atoms with Crippen LogP contribution in [0.15, 0.2) is 0 Å². The second-order valence-corrected chi connectivity index (χ2v) is 3.47. The first-order chi connectivity index (χ1) is 5.22. The predicted octanol–water partition coefficient (Wildman–Crippen LogP) is 0.121. The van der Waals surface area contributed by atoms with Gasteiger partial charge in [0.2, 0.25) is 0 Å². The molecule has 1 aliphatic carbocycles. The standard InChI is InChI=1S/C8H17NO2/c1-6(4-10)5-11-8-2-7(9)3-8/h6-8,10H,2-5,9H2,1H3. The second-order valence-electron chi connectivity index (χ2n) is 3.47. The van der Waals surface area contributed by atoms with E-state index in [0.29, 0.717) is 18.8 Å². The van der Waals surface area contributed by atoms with Crippen LogP contribution in [0.2, 0.25) is 0 Å². The third kappa shape index (κ3) is 2.77. The first-order valence-electron chi connectivity index (χ1n) is 4.20. The molecule has 0 spiro atoms. The van der Waals surface area contributed by atoms with Gasteiger partial charge in [0.1, 0.15) is 0 Å². The Hall–Kier alpha value is -0.120. The first-order valence-corrected chi connectivity index (χ1v) is 4.20. The average Bonchev–Trinajstić information content (AvgIpc) is 1.95. The summed E-state index contributed by atoms with van der Waals surface area (Å²) < 4.78 is 5.46. The molecule has 0 aromatic heterocycles. The van der Waals surface area contributed by atoms with E-state index in [2.05, 4.69) is 0 Å². The van der Waals surface area contributed by atoms with Gasteiger partial charge in [-0.3, -0.25) is 0 Å². The highest BCUT2D eigenvalue weighted by atomic mass is 16.5. The molecule has 0 saturated heterocycles. The molecular weight excluding hydrogens is 142 g/mol. The molecule has 0 aromatic rings. The van der Waals surface area contributed by atoms with E-state index < -0.39 is 0 Å². The quantitative estimate of drug-likeness (QED) is 0.612. The van der Waals surface area contributed by atoms with Gasteiger partial charge in [-0.1, -0.05) is 6.92 Å². The zero-order chi connectivity index (χ0) is 8.27. The van der Waals surface area contributed by atoms with Gasteiger partial charge in [-0.15, -0.1) is 0 Å². The maximum absolute atomic E-state index is 8.69. The minimum atomic E-state index is 0.207. The molecule has 11 heavy (non-hydrogen) atoms. The number of aliphatic hydroxyl groups excluding tert-OH is 1. The maximum atomic E-state index is 8.69. The summed E-state index contributed by atoms with van der Waals surface area (Å²) in [6, 6.07) is 0.351. The SMILES string of the molecule is CC(CO)COC1CC(N)C1. The summed E-state index contributed by atoms with van der Waals surface area (Å²) in [6.07, 6.45) is 2.33. The van der Waals surface area contributed by atoms with Crippen LogP contribution < -0.4 is 5.73 Å². The zero-order valence-corrected chi connectivity index (χ0v) is 6.99. The van der Waals surface area contributed by atoms with Crippen molar-refractivity contribution in [3.63, 3.8) is 0 Å². The van der Waals surface area contributed by atoms with Gasteiger partial charge in [-0.2, -0.15) is 0 Å². The summed E-state index contributed by atoms with van der Waals surface area (Å²) in [4.78, 5) is 0. The van der Waals surface area contributed by atoms with Crippen LogP contribution in [0.25, 0.3) is 0 Å². The topological polar surface area (TPSA) is 55.5 Å². The lowest BCUT2D eigenvalue weighted by molar-refractivity contribution is -0.0296. The van der Waals surface area contributed by atoms with Crippen LogP contribution >= 0.6 is 0 Å². The maximum Gasteiger partial charge on any atom is 0.0604 e. The Morgan fingerprint density at radius 3 is 2.73 bits per heavy atom. The third-order valence-corrected chi connectivity index (χ3v) is 2.06. The summed E-state index contributed by atoms with van der Waals surface area (Å²) in [6.45, 7) is 2.84. The van der Waals surface area contributed by atoms with Gasteiger partial charge in [0, 0.05) is 18.6 Å². The molecule has 1 rings (SSSR count). The van der Waals surface area contributed by atoms with E-state index >= 15 is 0 Å². The van der Waals surface area contributed by atoms with Crippen LogP contribution in [0.3, 0.4) is 0 Å². The molecule has 0 amide bonds. The Morgan fingerprint density at radius 2 is 2.27 bits per heavy atom. The van der Waals surface area contributed by atoms with Crippen molar-refractivity contribution in [3.8, 4) is 0 Å². The minimum Gasteiger partial charge on any atom is -0.396 e. The average molecular weight is 159 g/mol. The van der Waals surface area contributed by atoms with Crippen LogP contribution in [-0.2, 0) is 4.74 Å². The minimum absolute atomic E-state index is 0.207. The summed E-state index contributed by atoms with van der Waals surface area (Å²) in [5, 5.41) is 8.69. The molecule has 3 heteroatoms. The van der Waals surface area contributed by atoms with Gasteiger partial charge in [0.15, 0.2) is 0 Å². The monoisotopic (exact) mass is 159 g/mol. The Bertz CT molecular complexity index is 113. The van der Waals surface area contributed by atoms with Gasteiger partial charge in [0.05, 0.1) is 12.7 Å². The molecule has 0 bridgehead atoms. The van der Waals surface area contributed by atoms with Gasteiger partial charge >= 0.3 is 0 Å². The fraction of sp³-hybridized carbons (Fsp3) is 1.00. The number of hydrogen-bond acceptors (Lipinski definition) is 3. The summed E-state index contributed by atoms with van der Waals surface area (Å²) in [7, 11) is 0. The largest absolute Gasteiger partial charge is 0.396 e. The molecule has 0 heterocycles. The molecule has 3 nitrogen and oxygen atoms in total. The van der Waals surface area contributed by atoms with E-state index in [0.717, 1.165) is 12.8 Å². The molecule has 1 unspecified atom stereocenters. The zero-order valence-electron chi connectivity index (χ0n) is 6.99. The summed E-state index contributed by atoms with van der Waals surface area (Å²) in [5.74, 6) is 0.256. The highest BCUT2D eigenvalue weighted by molar-refractivity contribution is 4.82. The number of nitrogens with two attached hydrogens (primary N) is 1. The van der Waals surface area contributed by atoms with Crippen molar-refractivity contribution in [2.24, 2.45) is 11.7 Å². The fourth-order valence-electron chi connectivity index (χ4n) is 1.10. The number of hydrogen-bond donors (Lipinski definition) is 2. The molecular formula is C8H17NO2. The lowest BCUT2D eigenvalue weighted by Gasteiger charge is -2.32. The Labute approximate surface area is 67.5 Å². The smallest absolute Gasteiger partial charge is 0.0604 e. The van der Waals surface area contributed by atoms with Gasteiger partial charge in [0.25, 0.3) is 0 Å². The van der Waals surface area contributed by atoms with Crippen LogP contribution in [0.1, 0.15) is 19.8 Å². The number of aliphatic hydroxyl groups is 1. The Kier molecular flexibility index (Phi) is 3.30. The first kappa shape index (κ1) is 8.97. The van der Waals surface area contributed by atoms with Crippen LogP contribution in [0, 0.1) is 5.92 Å². The Balaban J connectivity index is 1.96. The molecule has 1 aliphatic rings. The summed E-state index contributed by atoms with van der Waals surface area (Å²) >= 11 is 0. The highest BCUT2D eigenvalue weighted by Crippen LogP contribution is 2.21. The number of ether oxygens (including phenoxy) is 1. The fourth-order valence-corrected chi connectivity index (χ4v) is 1.10. The van der Waals surface area contributed by atoms with E-state index in [-0.39, 0.29) is 12.5 Å². The molecule has 66 valence electrons. The predicted molar refractivity (Wildman–Crippen MR) is 43.2 cm³/mol. The van der Waals surface area contributed by atoms with Crippen molar-refractivity contribution >= 4 is 0 Å². The third-order valence-electron chi connectivity index (χ3n) is 2.06. The van der Waals surface area contributed by atoms with Gasteiger partial charge < -0.3 is 15.6 Å². The lowest BCUT2D eigenvalue weighted by atomic mass is 9.90. The molecule has 0 aliphatic heterocycles. The van der Waals surface area contributed by atoms with Crippen LogP contribution in [-0.4, -0.2) is 30.5 Å². The van der Waals surface area contributed by atoms with Gasteiger partial charge in [-0.25, -0.2) is 0 Å². The number of rotatable bonds is 4. The summed E-state index contributed by atoms with van der Waals surface area (Å²) in [5.41, 5.74) is 5.58. The van der Waals surface area contributed by atoms with E-state index in [4.69, 9.17) is 15.6 Å². The molecule has 1 fully saturated rings. The van der Waals surface area contributed by atoms with E-state index in [1.807, 2.05) is 6.92 Å². The second kappa shape index (κ2) is 4.04. The van der Waals surface area contributed by atoms with E-state index in [9.17, 15) is 0 Å². The van der Waals surface area contributed by atoms with Crippen molar-refractivity contribution in [1.82, 2.24) is 0 Å². The van der Waals surface area contributed by atoms with Crippen molar-refractivity contribution in [2.45, 2.75) is 31.9 Å². The molecule has 3 N–H and O–H groups in total. The van der Waals surface area contributed by atoms with Gasteiger partial charge in [-0.05, 0) is 12.8 Å². The lowest BCUT2D eigenvalue weighted by Crippen LogP contribution is -2.42. The van der Waals surface area contributed by atoms with Crippen molar-refractivity contribution in [2.75, 3.05) is 13.2 Å². The molecule has 1 atom stereocenters. The molecule has 0 radical (unpaired) electrons. The molecule has 0 aromatic carbocycles. The van der Waals surface area contributed by atoms with Crippen molar-refractivity contribution < 1.29 is 9.84 Å².